The van der Waals surface area contributed by atoms with Gasteiger partial charge in [0.1, 0.15) is 22.3 Å². The number of methoxy groups -OCH3 is 1. The van der Waals surface area contributed by atoms with Crippen molar-refractivity contribution >= 4 is 15.7 Å². The van der Waals surface area contributed by atoms with Crippen LogP contribution in [0.2, 0.25) is 0 Å². The van der Waals surface area contributed by atoms with Crippen molar-refractivity contribution in [2.45, 2.75) is 50.3 Å². The molecule has 1 aromatic rings. The highest BCUT2D eigenvalue weighted by atomic mass is 32.2. The normalized spacial score (nSPS) is 27.4. The molecule has 3 rings (SSSR count). The van der Waals surface area contributed by atoms with Crippen molar-refractivity contribution in [3.05, 3.63) is 17.6 Å². The second-order valence-electron chi connectivity index (χ2n) is 6.53. The lowest BCUT2D eigenvalue weighted by Crippen LogP contribution is -2.35. The molecule has 1 saturated carbocycles. The van der Waals surface area contributed by atoms with Gasteiger partial charge < -0.3 is 15.8 Å². The fourth-order valence-electron chi connectivity index (χ4n) is 3.14. The summed E-state index contributed by atoms with van der Waals surface area (Å²) in [5.74, 6) is 2.27. The standard InChI is InChI=1S/C15H24N4O3S/c1-22-9-15-18-13(10-6-11(16)7-10)8-14(19-15)17-12-2-4-23(20,21)5-3-12/h8,10-12H,2-7,9,16H2,1H3,(H,17,18,19). The first-order valence-electron chi connectivity index (χ1n) is 8.04. The predicted molar refractivity (Wildman–Crippen MR) is 88.0 cm³/mol. The highest BCUT2D eigenvalue weighted by Gasteiger charge is 2.30. The van der Waals surface area contributed by atoms with Crippen LogP contribution in [-0.2, 0) is 21.2 Å². The van der Waals surface area contributed by atoms with E-state index in [0.29, 0.717) is 31.2 Å². The van der Waals surface area contributed by atoms with Crippen LogP contribution in [0.3, 0.4) is 0 Å². The van der Waals surface area contributed by atoms with Gasteiger partial charge in [-0.15, -0.1) is 0 Å². The second kappa shape index (κ2) is 6.70. The molecule has 2 aliphatic rings. The van der Waals surface area contributed by atoms with Gasteiger partial charge in [-0.25, -0.2) is 18.4 Å². The fraction of sp³-hybridized carbons (Fsp3) is 0.733. The van der Waals surface area contributed by atoms with Gasteiger partial charge in [-0.05, 0) is 25.7 Å². The number of nitrogens with one attached hydrogen (secondary N) is 1. The van der Waals surface area contributed by atoms with E-state index in [1.54, 1.807) is 7.11 Å². The molecule has 0 bridgehead atoms. The van der Waals surface area contributed by atoms with E-state index in [0.717, 1.165) is 24.4 Å². The maximum atomic E-state index is 11.5. The summed E-state index contributed by atoms with van der Waals surface area (Å²) in [4.78, 5) is 9.05. The van der Waals surface area contributed by atoms with Gasteiger partial charge in [-0.2, -0.15) is 0 Å². The Kier molecular flexibility index (Phi) is 4.84. The Morgan fingerprint density at radius 2 is 2.00 bits per heavy atom. The maximum absolute atomic E-state index is 11.5. The molecule has 0 spiro atoms. The van der Waals surface area contributed by atoms with Crippen LogP contribution >= 0.6 is 0 Å². The summed E-state index contributed by atoms with van der Waals surface area (Å²) in [6.07, 6.45) is 3.14. The molecule has 1 aliphatic heterocycles. The third kappa shape index (κ3) is 4.19. The first-order chi connectivity index (χ1) is 10.9. The van der Waals surface area contributed by atoms with Gasteiger partial charge in [-0.1, -0.05) is 0 Å². The number of aromatic nitrogens is 2. The highest BCUT2D eigenvalue weighted by molar-refractivity contribution is 7.91. The highest BCUT2D eigenvalue weighted by Crippen LogP contribution is 2.35. The minimum Gasteiger partial charge on any atom is -0.377 e. The minimum atomic E-state index is -2.85. The molecular formula is C15H24N4O3S. The quantitative estimate of drug-likeness (QED) is 0.817. The van der Waals surface area contributed by atoms with Gasteiger partial charge in [0.25, 0.3) is 0 Å². The Bertz CT molecular complexity index is 645. The van der Waals surface area contributed by atoms with E-state index < -0.39 is 9.84 Å². The topological polar surface area (TPSA) is 107 Å². The van der Waals surface area contributed by atoms with Crippen LogP contribution in [0.5, 0.6) is 0 Å². The zero-order chi connectivity index (χ0) is 16.4. The molecule has 2 fully saturated rings. The molecule has 0 aromatic carbocycles. The Balaban J connectivity index is 1.72. The minimum absolute atomic E-state index is 0.139. The monoisotopic (exact) mass is 340 g/mol. The van der Waals surface area contributed by atoms with Crippen molar-refractivity contribution in [2.24, 2.45) is 5.73 Å². The number of hydrogen-bond acceptors (Lipinski definition) is 7. The number of nitrogens with zero attached hydrogens (tertiary/aromatic N) is 2. The fourth-order valence-corrected chi connectivity index (χ4v) is 4.63. The van der Waals surface area contributed by atoms with Crippen LogP contribution in [0.15, 0.2) is 6.07 Å². The average molecular weight is 340 g/mol. The number of ether oxygens (including phenoxy) is 1. The zero-order valence-electron chi connectivity index (χ0n) is 13.4. The lowest BCUT2D eigenvalue weighted by atomic mass is 9.78. The first kappa shape index (κ1) is 16.6. The molecule has 1 saturated heterocycles. The average Bonchev–Trinajstić information content (AvgIpc) is 2.46. The lowest BCUT2D eigenvalue weighted by molar-refractivity contribution is 0.177. The van der Waals surface area contributed by atoms with Gasteiger partial charge in [0.15, 0.2) is 5.82 Å². The number of anilines is 1. The Morgan fingerprint density at radius 1 is 1.30 bits per heavy atom. The summed E-state index contributed by atoms with van der Waals surface area (Å²) in [6.45, 7) is 0.361. The molecular weight excluding hydrogens is 316 g/mol. The first-order valence-corrected chi connectivity index (χ1v) is 9.86. The van der Waals surface area contributed by atoms with E-state index in [4.69, 9.17) is 10.5 Å². The SMILES string of the molecule is COCc1nc(NC2CCS(=O)(=O)CC2)cc(C2CC(N)C2)n1. The largest absolute Gasteiger partial charge is 0.377 e. The van der Waals surface area contributed by atoms with Crippen molar-refractivity contribution in [3.63, 3.8) is 0 Å². The van der Waals surface area contributed by atoms with Gasteiger partial charge >= 0.3 is 0 Å². The van der Waals surface area contributed by atoms with Crippen molar-refractivity contribution in [2.75, 3.05) is 23.9 Å². The summed E-state index contributed by atoms with van der Waals surface area (Å²) in [5, 5.41) is 3.37. The molecule has 0 atom stereocenters. The van der Waals surface area contributed by atoms with E-state index >= 15 is 0 Å². The van der Waals surface area contributed by atoms with Crippen molar-refractivity contribution in [3.8, 4) is 0 Å². The number of nitrogens with two attached hydrogens (primary N) is 1. The van der Waals surface area contributed by atoms with Gasteiger partial charge in [-0.3, -0.25) is 0 Å². The van der Waals surface area contributed by atoms with Crippen LogP contribution in [0.4, 0.5) is 5.82 Å². The molecule has 128 valence electrons. The van der Waals surface area contributed by atoms with Crippen LogP contribution in [0, 0.1) is 0 Å². The third-order valence-corrected chi connectivity index (χ3v) is 6.28. The van der Waals surface area contributed by atoms with E-state index in [-0.39, 0.29) is 23.6 Å². The maximum Gasteiger partial charge on any atom is 0.156 e. The van der Waals surface area contributed by atoms with Crippen LogP contribution in [-0.4, -0.2) is 49.1 Å². The van der Waals surface area contributed by atoms with Gasteiger partial charge in [0.2, 0.25) is 0 Å². The summed E-state index contributed by atoms with van der Waals surface area (Å²) < 4.78 is 28.2. The lowest BCUT2D eigenvalue weighted by Gasteiger charge is -2.32. The van der Waals surface area contributed by atoms with E-state index in [1.165, 1.54) is 0 Å². The van der Waals surface area contributed by atoms with E-state index in [1.807, 2.05) is 6.07 Å². The molecule has 1 aromatic heterocycles. The molecule has 3 N–H and O–H groups in total. The second-order valence-corrected chi connectivity index (χ2v) is 8.83. The number of sulfone groups is 1. The summed E-state index contributed by atoms with van der Waals surface area (Å²) >= 11 is 0. The van der Waals surface area contributed by atoms with Crippen LogP contribution in [0.1, 0.15) is 43.1 Å². The van der Waals surface area contributed by atoms with Crippen molar-refractivity contribution in [1.82, 2.24) is 9.97 Å². The molecule has 1 aliphatic carbocycles. The molecule has 7 nitrogen and oxygen atoms in total. The van der Waals surface area contributed by atoms with Gasteiger partial charge in [0, 0.05) is 36.9 Å². The van der Waals surface area contributed by atoms with E-state index in [2.05, 4.69) is 15.3 Å². The van der Waals surface area contributed by atoms with Crippen molar-refractivity contribution < 1.29 is 13.2 Å². The van der Waals surface area contributed by atoms with Crippen LogP contribution < -0.4 is 11.1 Å². The smallest absolute Gasteiger partial charge is 0.156 e. The summed E-state index contributed by atoms with van der Waals surface area (Å²) in [5.41, 5.74) is 6.87. The summed E-state index contributed by atoms with van der Waals surface area (Å²) in [6, 6.07) is 2.37. The molecule has 0 unspecified atom stereocenters. The zero-order valence-corrected chi connectivity index (χ0v) is 14.2. The number of rotatable bonds is 5. The van der Waals surface area contributed by atoms with Crippen LogP contribution in [0.25, 0.3) is 0 Å². The molecule has 0 radical (unpaired) electrons. The Hall–Kier alpha value is -1.25. The molecule has 8 heteroatoms. The van der Waals surface area contributed by atoms with E-state index in [9.17, 15) is 8.42 Å². The summed E-state index contributed by atoms with van der Waals surface area (Å²) in [7, 11) is -1.23. The molecule has 23 heavy (non-hydrogen) atoms. The van der Waals surface area contributed by atoms with Crippen molar-refractivity contribution in [1.29, 1.82) is 0 Å². The Labute approximate surface area is 137 Å². The predicted octanol–water partition coefficient (Wildman–Crippen LogP) is 0.817. The molecule has 2 heterocycles. The molecule has 0 amide bonds. The Morgan fingerprint density at radius 3 is 2.61 bits per heavy atom. The number of hydrogen-bond donors (Lipinski definition) is 2. The third-order valence-electron chi connectivity index (χ3n) is 4.57. The van der Waals surface area contributed by atoms with Gasteiger partial charge in [0.05, 0.1) is 11.5 Å².